The summed E-state index contributed by atoms with van der Waals surface area (Å²) in [5.74, 6) is -0.241. The van der Waals surface area contributed by atoms with Gasteiger partial charge in [0.25, 0.3) is 5.91 Å². The summed E-state index contributed by atoms with van der Waals surface area (Å²) in [5.41, 5.74) is 0.557. The number of hydrogen-bond acceptors (Lipinski definition) is 4. The van der Waals surface area contributed by atoms with E-state index in [0.717, 1.165) is 6.07 Å². The van der Waals surface area contributed by atoms with Crippen molar-refractivity contribution in [1.29, 1.82) is 0 Å². The zero-order chi connectivity index (χ0) is 20.6. The topological polar surface area (TPSA) is 72.2 Å². The van der Waals surface area contributed by atoms with Crippen LogP contribution >= 0.6 is 0 Å². The molecule has 9 heteroatoms. The Labute approximate surface area is 163 Å². The van der Waals surface area contributed by atoms with Gasteiger partial charge in [-0.25, -0.2) is 4.98 Å². The lowest BCUT2D eigenvalue weighted by Gasteiger charge is -2.12. The van der Waals surface area contributed by atoms with E-state index in [9.17, 15) is 18.0 Å². The Morgan fingerprint density at radius 3 is 2.59 bits per heavy atom. The third-order valence-corrected chi connectivity index (χ3v) is 4.34. The Kier molecular flexibility index (Phi) is 4.50. The van der Waals surface area contributed by atoms with Crippen LogP contribution in [0.15, 0.2) is 60.9 Å². The van der Waals surface area contributed by atoms with Crippen LogP contribution in [0.4, 0.5) is 19.0 Å². The summed E-state index contributed by atoms with van der Waals surface area (Å²) < 4.78 is 41.4. The number of carbonyl (C=O) groups is 1. The molecule has 0 aliphatic rings. The predicted molar refractivity (Wildman–Crippen MR) is 100 cm³/mol. The molecule has 29 heavy (non-hydrogen) atoms. The Bertz CT molecular complexity index is 1220. The second-order valence-electron chi connectivity index (χ2n) is 6.30. The number of amides is 1. The van der Waals surface area contributed by atoms with Gasteiger partial charge in [0.05, 0.1) is 17.5 Å². The largest absolute Gasteiger partial charge is 0.417 e. The quantitative estimate of drug-likeness (QED) is 0.557. The van der Waals surface area contributed by atoms with Crippen LogP contribution < -0.4 is 5.32 Å². The Balaban J connectivity index is 1.75. The molecule has 4 rings (SSSR count). The van der Waals surface area contributed by atoms with E-state index in [0.29, 0.717) is 11.2 Å². The third kappa shape index (κ3) is 3.54. The minimum atomic E-state index is -4.52. The molecular formula is C20H14F3N5O. The van der Waals surface area contributed by atoms with E-state index in [4.69, 9.17) is 0 Å². The number of halogens is 3. The number of alkyl halides is 3. The van der Waals surface area contributed by atoms with Crippen LogP contribution in [-0.2, 0) is 6.18 Å². The highest BCUT2D eigenvalue weighted by molar-refractivity contribution is 6.03. The molecule has 146 valence electrons. The number of anilines is 1. The van der Waals surface area contributed by atoms with Crippen LogP contribution in [0.5, 0.6) is 0 Å². The second kappa shape index (κ2) is 7.01. The minimum Gasteiger partial charge on any atom is -0.304 e. The first-order valence-electron chi connectivity index (χ1n) is 8.59. The molecule has 1 amide bonds. The molecule has 0 spiro atoms. The van der Waals surface area contributed by atoms with E-state index in [1.807, 2.05) is 0 Å². The number of pyridine rings is 1. The van der Waals surface area contributed by atoms with Crippen molar-refractivity contribution in [3.8, 4) is 11.3 Å². The van der Waals surface area contributed by atoms with E-state index < -0.39 is 17.6 Å². The predicted octanol–water partition coefficient (Wildman–Crippen LogP) is 4.37. The first kappa shape index (κ1) is 18.6. The molecule has 0 aliphatic heterocycles. The number of rotatable bonds is 3. The maximum atomic E-state index is 13.4. The van der Waals surface area contributed by atoms with Crippen LogP contribution in [0, 0.1) is 6.92 Å². The number of carbonyl (C=O) groups excluding carboxylic acids is 1. The van der Waals surface area contributed by atoms with Gasteiger partial charge in [0.2, 0.25) is 0 Å². The number of nitrogens with one attached hydrogen (secondary N) is 1. The van der Waals surface area contributed by atoms with Gasteiger partial charge in [-0.3, -0.25) is 9.78 Å². The van der Waals surface area contributed by atoms with Crippen molar-refractivity contribution >= 4 is 17.4 Å². The molecule has 3 aromatic heterocycles. The number of benzene rings is 1. The van der Waals surface area contributed by atoms with E-state index in [-0.39, 0.29) is 22.8 Å². The third-order valence-electron chi connectivity index (χ3n) is 4.34. The van der Waals surface area contributed by atoms with Gasteiger partial charge in [0.1, 0.15) is 5.69 Å². The average Bonchev–Trinajstić information content (AvgIpc) is 3.09. The number of imidazole rings is 1. The van der Waals surface area contributed by atoms with Gasteiger partial charge in [0, 0.05) is 11.8 Å². The SMILES string of the molecule is Cc1cccnc1C(=O)Nc1cnc2ccc(-c3ccccc3C(F)(F)F)nn12. The highest BCUT2D eigenvalue weighted by atomic mass is 19.4. The number of aryl methyl sites for hydroxylation is 1. The monoisotopic (exact) mass is 397 g/mol. The normalized spacial score (nSPS) is 11.6. The van der Waals surface area contributed by atoms with Crippen LogP contribution in [0.25, 0.3) is 16.9 Å². The summed E-state index contributed by atoms with van der Waals surface area (Å²) in [6, 6.07) is 11.6. The number of hydrogen-bond donors (Lipinski definition) is 1. The van der Waals surface area contributed by atoms with Crippen molar-refractivity contribution in [3.05, 3.63) is 77.7 Å². The van der Waals surface area contributed by atoms with E-state index in [2.05, 4.69) is 20.4 Å². The Morgan fingerprint density at radius 2 is 1.83 bits per heavy atom. The molecule has 0 radical (unpaired) electrons. The fourth-order valence-electron chi connectivity index (χ4n) is 2.95. The van der Waals surface area contributed by atoms with Crippen molar-refractivity contribution in [2.45, 2.75) is 13.1 Å². The second-order valence-corrected chi connectivity index (χ2v) is 6.30. The van der Waals surface area contributed by atoms with Gasteiger partial charge < -0.3 is 5.32 Å². The molecule has 1 N–H and O–H groups in total. The van der Waals surface area contributed by atoms with Crippen LogP contribution in [-0.4, -0.2) is 25.5 Å². The lowest BCUT2D eigenvalue weighted by molar-refractivity contribution is -0.137. The molecule has 0 saturated heterocycles. The van der Waals surface area contributed by atoms with Crippen molar-refractivity contribution in [1.82, 2.24) is 19.6 Å². The first-order valence-corrected chi connectivity index (χ1v) is 8.59. The fraction of sp³-hybridized carbons (Fsp3) is 0.100. The summed E-state index contributed by atoms with van der Waals surface area (Å²) in [6.45, 7) is 1.75. The number of aromatic nitrogens is 4. The van der Waals surface area contributed by atoms with E-state index in [1.165, 1.54) is 47.2 Å². The molecule has 0 unspecified atom stereocenters. The maximum absolute atomic E-state index is 13.4. The fourth-order valence-corrected chi connectivity index (χ4v) is 2.95. The molecule has 0 aliphatic carbocycles. The minimum absolute atomic E-state index is 0.0616. The summed E-state index contributed by atoms with van der Waals surface area (Å²) in [4.78, 5) is 20.7. The maximum Gasteiger partial charge on any atom is 0.417 e. The zero-order valence-electron chi connectivity index (χ0n) is 15.1. The van der Waals surface area contributed by atoms with Crippen LogP contribution in [0.2, 0.25) is 0 Å². The summed E-state index contributed by atoms with van der Waals surface area (Å²) >= 11 is 0. The average molecular weight is 397 g/mol. The van der Waals surface area contributed by atoms with Crippen molar-refractivity contribution < 1.29 is 18.0 Å². The summed E-state index contributed by atoms with van der Waals surface area (Å²) in [6.07, 6.45) is -1.63. The first-order chi connectivity index (χ1) is 13.8. The molecule has 6 nitrogen and oxygen atoms in total. The smallest absolute Gasteiger partial charge is 0.304 e. The molecule has 1 aromatic carbocycles. The standard InChI is InChI=1S/C20H14F3N5O/c1-12-5-4-10-24-18(12)19(29)26-17-11-25-16-9-8-15(27-28(16)17)13-6-2-3-7-14(13)20(21,22)23/h2-11H,1H3,(H,26,29). The van der Waals surface area contributed by atoms with Crippen molar-refractivity contribution in [2.75, 3.05) is 5.32 Å². The zero-order valence-corrected chi connectivity index (χ0v) is 15.1. The number of fused-ring (bicyclic) bond motifs is 1. The Hall–Kier alpha value is -3.75. The van der Waals surface area contributed by atoms with Gasteiger partial charge in [0.15, 0.2) is 11.5 Å². The van der Waals surface area contributed by atoms with Gasteiger partial charge in [-0.05, 0) is 36.8 Å². The van der Waals surface area contributed by atoms with Gasteiger partial charge in [-0.1, -0.05) is 24.3 Å². The van der Waals surface area contributed by atoms with Gasteiger partial charge >= 0.3 is 6.18 Å². The van der Waals surface area contributed by atoms with Gasteiger partial charge in [-0.15, -0.1) is 0 Å². The van der Waals surface area contributed by atoms with Gasteiger partial charge in [-0.2, -0.15) is 22.8 Å². The highest BCUT2D eigenvalue weighted by Crippen LogP contribution is 2.36. The molecule has 0 fully saturated rings. The van der Waals surface area contributed by atoms with Crippen molar-refractivity contribution in [2.24, 2.45) is 0 Å². The number of nitrogens with zero attached hydrogens (tertiary/aromatic N) is 4. The molecular weight excluding hydrogens is 383 g/mol. The van der Waals surface area contributed by atoms with Crippen LogP contribution in [0.3, 0.4) is 0 Å². The lowest BCUT2D eigenvalue weighted by Crippen LogP contribution is -2.17. The van der Waals surface area contributed by atoms with Crippen LogP contribution in [0.1, 0.15) is 21.6 Å². The summed E-state index contributed by atoms with van der Waals surface area (Å²) in [5, 5.41) is 6.93. The molecule has 3 heterocycles. The van der Waals surface area contributed by atoms with Crippen molar-refractivity contribution in [3.63, 3.8) is 0 Å². The Morgan fingerprint density at radius 1 is 1.03 bits per heavy atom. The molecule has 0 saturated carbocycles. The molecule has 0 bridgehead atoms. The molecule has 0 atom stereocenters. The van der Waals surface area contributed by atoms with E-state index in [1.54, 1.807) is 19.1 Å². The van der Waals surface area contributed by atoms with E-state index >= 15 is 0 Å². The lowest BCUT2D eigenvalue weighted by atomic mass is 10.0. The molecule has 4 aromatic rings. The highest BCUT2D eigenvalue weighted by Gasteiger charge is 2.33. The summed E-state index contributed by atoms with van der Waals surface area (Å²) in [7, 11) is 0.